The summed E-state index contributed by atoms with van der Waals surface area (Å²) in [5.41, 5.74) is 0.236. The van der Waals surface area contributed by atoms with Crippen LogP contribution in [0.5, 0.6) is 5.75 Å². The second-order valence-electron chi connectivity index (χ2n) is 7.78. The van der Waals surface area contributed by atoms with Crippen LogP contribution >= 0.6 is 11.8 Å². The number of ether oxygens (including phenoxy) is 1. The van der Waals surface area contributed by atoms with E-state index in [0.717, 1.165) is 36.5 Å². The number of carbonyl (C=O) groups is 1. The zero-order valence-corrected chi connectivity index (χ0v) is 19.2. The van der Waals surface area contributed by atoms with E-state index in [2.05, 4.69) is 22.4 Å². The first-order valence-corrected chi connectivity index (χ1v) is 12.8. The molecule has 2 heterocycles. The van der Waals surface area contributed by atoms with Gasteiger partial charge in [0.2, 0.25) is 5.91 Å². The van der Waals surface area contributed by atoms with Crippen LogP contribution in [0.25, 0.3) is 11.4 Å². The maximum absolute atomic E-state index is 12.5. The van der Waals surface area contributed by atoms with Gasteiger partial charge in [-0.2, -0.15) is 0 Å². The Bertz CT molecular complexity index is 989. The first-order chi connectivity index (χ1) is 14.3. The van der Waals surface area contributed by atoms with Crippen LogP contribution in [0.1, 0.15) is 33.1 Å². The summed E-state index contributed by atoms with van der Waals surface area (Å²) < 4.78 is 30.7. The van der Waals surface area contributed by atoms with E-state index >= 15 is 0 Å². The lowest BCUT2D eigenvalue weighted by Gasteiger charge is -2.23. The molecule has 1 aliphatic rings. The predicted molar refractivity (Wildman–Crippen MR) is 117 cm³/mol. The summed E-state index contributed by atoms with van der Waals surface area (Å²) in [5.74, 6) is 1.59. The van der Waals surface area contributed by atoms with Gasteiger partial charge in [-0.25, -0.2) is 8.42 Å². The van der Waals surface area contributed by atoms with Gasteiger partial charge in [-0.1, -0.05) is 25.1 Å². The lowest BCUT2D eigenvalue weighted by atomic mass is 10.0. The fourth-order valence-corrected chi connectivity index (χ4v) is 6.34. The third-order valence-corrected chi connectivity index (χ3v) is 7.95. The highest BCUT2D eigenvalue weighted by Crippen LogP contribution is 2.27. The first-order valence-electron chi connectivity index (χ1n) is 9.97. The van der Waals surface area contributed by atoms with E-state index in [9.17, 15) is 13.2 Å². The van der Waals surface area contributed by atoms with Gasteiger partial charge in [0.25, 0.3) is 0 Å². The van der Waals surface area contributed by atoms with Crippen molar-refractivity contribution in [2.75, 3.05) is 24.4 Å². The van der Waals surface area contributed by atoms with Gasteiger partial charge in [-0.05, 0) is 44.0 Å². The van der Waals surface area contributed by atoms with Crippen LogP contribution < -0.4 is 10.1 Å². The summed E-state index contributed by atoms with van der Waals surface area (Å²) in [4.78, 5) is 12.5. The van der Waals surface area contributed by atoms with Crippen LogP contribution in [0.3, 0.4) is 0 Å². The number of hydrogen-bond donors (Lipinski definition) is 1. The molecule has 10 heteroatoms. The minimum Gasteiger partial charge on any atom is -0.497 e. The highest BCUT2D eigenvalue weighted by molar-refractivity contribution is 7.99. The Hall–Kier alpha value is -2.07. The predicted octanol–water partition coefficient (Wildman–Crippen LogP) is 2.54. The minimum absolute atomic E-state index is 0.00922. The normalized spacial score (nSPS) is 20.2. The van der Waals surface area contributed by atoms with E-state index in [1.807, 2.05) is 28.8 Å². The molecular formula is C20H28N4O4S2. The van der Waals surface area contributed by atoms with Gasteiger partial charge in [-0.3, -0.25) is 4.79 Å². The Kier molecular flexibility index (Phi) is 7.07. The fraction of sp³-hybridized carbons (Fsp3) is 0.550. The molecule has 1 aliphatic heterocycles. The molecule has 0 aliphatic carbocycles. The van der Waals surface area contributed by atoms with E-state index in [1.54, 1.807) is 14.0 Å². The van der Waals surface area contributed by atoms with Gasteiger partial charge in [-0.15, -0.1) is 10.2 Å². The monoisotopic (exact) mass is 452 g/mol. The zero-order valence-electron chi connectivity index (χ0n) is 17.6. The van der Waals surface area contributed by atoms with Gasteiger partial charge in [0, 0.05) is 12.1 Å². The van der Waals surface area contributed by atoms with Crippen molar-refractivity contribution in [3.63, 3.8) is 0 Å². The molecule has 1 saturated heterocycles. The quantitative estimate of drug-likeness (QED) is 0.583. The number of nitrogens with zero attached hydrogens (tertiary/aromatic N) is 3. The van der Waals surface area contributed by atoms with Gasteiger partial charge in [0.15, 0.2) is 20.8 Å². The third kappa shape index (κ3) is 5.54. The molecule has 3 rings (SSSR count). The molecule has 30 heavy (non-hydrogen) atoms. The van der Waals surface area contributed by atoms with E-state index in [-0.39, 0.29) is 23.2 Å². The standard InChI is InChI=1S/C20H28N4O4S2/c1-4-5-11-24-18(15-6-8-16(28-3)9-7-15)22-23-19(24)29-13-17(25)21-20(2)10-12-30(26,27)14-20/h6-9H,4-5,10-14H2,1-3H3,(H,21,25). The lowest BCUT2D eigenvalue weighted by Crippen LogP contribution is -2.47. The lowest BCUT2D eigenvalue weighted by molar-refractivity contribution is -0.120. The molecule has 1 unspecified atom stereocenters. The third-order valence-electron chi connectivity index (χ3n) is 5.08. The van der Waals surface area contributed by atoms with Crippen molar-refractivity contribution >= 4 is 27.5 Å². The van der Waals surface area contributed by atoms with Crippen molar-refractivity contribution in [3.05, 3.63) is 24.3 Å². The number of hydrogen-bond acceptors (Lipinski definition) is 7. The number of sulfone groups is 1. The van der Waals surface area contributed by atoms with Crippen LogP contribution in [-0.4, -0.2) is 59.0 Å². The summed E-state index contributed by atoms with van der Waals surface area (Å²) in [5, 5.41) is 12.2. The molecule has 1 N–H and O–H groups in total. The Labute approximate surface area is 181 Å². The molecular weight excluding hydrogens is 424 g/mol. The van der Waals surface area contributed by atoms with Crippen LogP contribution in [0.2, 0.25) is 0 Å². The van der Waals surface area contributed by atoms with Crippen molar-refractivity contribution in [2.24, 2.45) is 0 Å². The number of nitrogens with one attached hydrogen (secondary N) is 1. The van der Waals surface area contributed by atoms with E-state index < -0.39 is 15.4 Å². The number of amides is 1. The van der Waals surface area contributed by atoms with E-state index in [1.165, 1.54) is 11.8 Å². The molecule has 164 valence electrons. The van der Waals surface area contributed by atoms with Gasteiger partial charge < -0.3 is 14.6 Å². The number of rotatable bonds is 9. The molecule has 1 amide bonds. The smallest absolute Gasteiger partial charge is 0.230 e. The average molecular weight is 453 g/mol. The number of thioether (sulfide) groups is 1. The van der Waals surface area contributed by atoms with Crippen LogP contribution in [-0.2, 0) is 21.2 Å². The molecule has 1 aromatic carbocycles. The van der Waals surface area contributed by atoms with E-state index in [4.69, 9.17) is 4.74 Å². The van der Waals surface area contributed by atoms with Crippen LogP contribution in [0.15, 0.2) is 29.4 Å². The minimum atomic E-state index is -3.07. The Morgan fingerprint density at radius 1 is 1.30 bits per heavy atom. The number of carbonyl (C=O) groups excluding carboxylic acids is 1. The molecule has 0 saturated carbocycles. The molecule has 2 aromatic rings. The molecule has 0 spiro atoms. The molecule has 0 radical (unpaired) electrons. The summed E-state index contributed by atoms with van der Waals surface area (Å²) in [7, 11) is -1.45. The van der Waals surface area contributed by atoms with Crippen LogP contribution in [0, 0.1) is 0 Å². The van der Waals surface area contributed by atoms with Gasteiger partial charge >= 0.3 is 0 Å². The first kappa shape index (κ1) is 22.6. The van der Waals surface area contributed by atoms with Crippen molar-refractivity contribution in [3.8, 4) is 17.1 Å². The number of benzene rings is 1. The molecule has 0 bridgehead atoms. The zero-order chi connectivity index (χ0) is 21.8. The maximum Gasteiger partial charge on any atom is 0.230 e. The van der Waals surface area contributed by atoms with Crippen LogP contribution in [0.4, 0.5) is 0 Å². The SMILES string of the molecule is CCCCn1c(SCC(=O)NC2(C)CCS(=O)(=O)C2)nnc1-c1ccc(OC)cc1. The highest BCUT2D eigenvalue weighted by atomic mass is 32.2. The summed E-state index contributed by atoms with van der Waals surface area (Å²) in [6.45, 7) is 4.66. The van der Waals surface area contributed by atoms with Crippen molar-refractivity contribution in [1.82, 2.24) is 20.1 Å². The molecule has 1 atom stereocenters. The second-order valence-corrected chi connectivity index (χ2v) is 10.9. The number of unbranched alkanes of at least 4 members (excludes halogenated alkanes) is 1. The van der Waals surface area contributed by atoms with Crippen molar-refractivity contribution in [2.45, 2.75) is 50.4 Å². The van der Waals surface area contributed by atoms with Crippen molar-refractivity contribution in [1.29, 1.82) is 0 Å². The number of methoxy groups -OCH3 is 1. The Balaban J connectivity index is 1.70. The fourth-order valence-electron chi connectivity index (χ4n) is 3.48. The largest absolute Gasteiger partial charge is 0.497 e. The van der Waals surface area contributed by atoms with Crippen molar-refractivity contribution < 1.29 is 17.9 Å². The number of aromatic nitrogens is 3. The highest BCUT2D eigenvalue weighted by Gasteiger charge is 2.39. The second kappa shape index (κ2) is 9.38. The van der Waals surface area contributed by atoms with Gasteiger partial charge in [0.05, 0.1) is 29.9 Å². The Morgan fingerprint density at radius 3 is 2.63 bits per heavy atom. The molecule has 1 aromatic heterocycles. The van der Waals surface area contributed by atoms with Gasteiger partial charge in [0.1, 0.15) is 5.75 Å². The summed E-state index contributed by atoms with van der Waals surface area (Å²) in [6.07, 6.45) is 2.44. The molecule has 1 fully saturated rings. The van der Waals surface area contributed by atoms with E-state index in [0.29, 0.717) is 11.6 Å². The summed E-state index contributed by atoms with van der Waals surface area (Å²) in [6, 6.07) is 7.64. The molecule has 8 nitrogen and oxygen atoms in total. The average Bonchev–Trinajstić information content (AvgIpc) is 3.24. The Morgan fingerprint density at radius 2 is 2.03 bits per heavy atom. The topological polar surface area (TPSA) is 103 Å². The maximum atomic E-state index is 12.5. The summed E-state index contributed by atoms with van der Waals surface area (Å²) >= 11 is 1.31.